The molecule has 0 fully saturated rings. The maximum Gasteiger partial charge on any atom is 0.323 e. The van der Waals surface area contributed by atoms with Crippen molar-refractivity contribution in [3.63, 3.8) is 0 Å². The molecule has 0 saturated carbocycles. The van der Waals surface area contributed by atoms with Gasteiger partial charge in [0.1, 0.15) is 23.0 Å². The average molecular weight is 595 g/mol. The molecule has 0 saturated heterocycles. The Hall–Kier alpha value is -5.03. The molecule has 2 amide bonds. The molecule has 4 heterocycles. The fraction of sp³-hybridized carbons (Fsp3) is 0.273. The first kappa shape index (κ1) is 29.1. The summed E-state index contributed by atoms with van der Waals surface area (Å²) in [5.74, 6) is 0.140. The molecule has 11 heteroatoms. The van der Waals surface area contributed by atoms with Gasteiger partial charge in [-0.1, -0.05) is 12.1 Å². The quantitative estimate of drug-likeness (QED) is 0.228. The number of pyridine rings is 1. The number of hydrogen-bond acceptors (Lipinski definition) is 6. The Balaban J connectivity index is 1.18. The van der Waals surface area contributed by atoms with Crippen LogP contribution in [0.3, 0.4) is 0 Å². The second-order valence-electron chi connectivity index (χ2n) is 12.1. The van der Waals surface area contributed by atoms with Crippen molar-refractivity contribution in [2.45, 2.75) is 39.3 Å². The molecule has 0 atom stereocenters. The Morgan fingerprint density at radius 1 is 0.932 bits per heavy atom. The van der Waals surface area contributed by atoms with Crippen molar-refractivity contribution >= 4 is 17.4 Å². The molecule has 1 aliphatic rings. The topological polar surface area (TPSA) is 102 Å². The molecule has 3 aromatic heterocycles. The van der Waals surface area contributed by atoms with E-state index in [0.29, 0.717) is 22.8 Å². The number of halogens is 1. The van der Waals surface area contributed by atoms with Crippen molar-refractivity contribution in [3.8, 4) is 34.0 Å². The van der Waals surface area contributed by atoms with Crippen molar-refractivity contribution in [1.29, 1.82) is 0 Å². The van der Waals surface area contributed by atoms with Gasteiger partial charge in [0.05, 0.1) is 28.8 Å². The zero-order valence-electron chi connectivity index (χ0n) is 25.4. The van der Waals surface area contributed by atoms with Gasteiger partial charge < -0.3 is 20.3 Å². The number of rotatable bonds is 6. The second kappa shape index (κ2) is 11.6. The maximum absolute atomic E-state index is 15.1. The van der Waals surface area contributed by atoms with Gasteiger partial charge in [-0.3, -0.25) is 14.3 Å². The molecule has 0 radical (unpaired) electrons. The first-order chi connectivity index (χ1) is 21.0. The standard InChI is InChI=1S/C33H35FN8O2/c1-33(2,3)42-20-30(31(39-42)22-7-6-21-11-13-40(4)18-23(21)14-22)38-32(43)37-28-9-8-25(15-27(28)34)44-26-10-12-35-29(16-26)24-17-36-41(5)19-24/h6-10,12,14-17,19-20H,11,13,18H2,1-5H3,(H2,37,38,43). The van der Waals surface area contributed by atoms with Crippen molar-refractivity contribution in [3.05, 3.63) is 90.3 Å². The maximum atomic E-state index is 15.1. The lowest BCUT2D eigenvalue weighted by molar-refractivity contribution is 0.262. The van der Waals surface area contributed by atoms with E-state index in [4.69, 9.17) is 9.84 Å². The predicted molar refractivity (Wildman–Crippen MR) is 168 cm³/mol. The highest BCUT2D eigenvalue weighted by molar-refractivity contribution is 6.02. The minimum absolute atomic E-state index is 0.0159. The van der Waals surface area contributed by atoms with Crippen LogP contribution in [0.4, 0.5) is 20.6 Å². The number of nitrogens with one attached hydrogen (secondary N) is 2. The van der Waals surface area contributed by atoms with E-state index in [2.05, 4.69) is 44.8 Å². The van der Waals surface area contributed by atoms with E-state index in [-0.39, 0.29) is 17.0 Å². The second-order valence-corrected chi connectivity index (χ2v) is 12.1. The summed E-state index contributed by atoms with van der Waals surface area (Å²) in [5.41, 5.74) is 5.90. The number of fused-ring (bicyclic) bond motifs is 1. The summed E-state index contributed by atoms with van der Waals surface area (Å²) in [6.07, 6.45) is 7.98. The van der Waals surface area contributed by atoms with E-state index in [1.807, 2.05) is 51.0 Å². The number of benzene rings is 2. The number of carbonyl (C=O) groups excluding carboxylic acids is 1. The van der Waals surface area contributed by atoms with Crippen LogP contribution >= 0.6 is 0 Å². The van der Waals surface area contributed by atoms with Gasteiger partial charge in [-0.15, -0.1) is 0 Å². The van der Waals surface area contributed by atoms with Crippen LogP contribution in [-0.2, 0) is 25.6 Å². The number of aromatic nitrogens is 5. The summed E-state index contributed by atoms with van der Waals surface area (Å²) in [7, 11) is 3.94. The molecule has 0 aliphatic carbocycles. The molecule has 10 nitrogen and oxygen atoms in total. The Morgan fingerprint density at radius 3 is 2.48 bits per heavy atom. The Morgan fingerprint density at radius 2 is 1.73 bits per heavy atom. The number of amides is 2. The van der Waals surface area contributed by atoms with Crippen LogP contribution in [0.15, 0.2) is 73.3 Å². The summed E-state index contributed by atoms with van der Waals surface area (Å²) in [6.45, 7) is 8.01. The highest BCUT2D eigenvalue weighted by atomic mass is 19.1. The van der Waals surface area contributed by atoms with E-state index in [1.54, 1.807) is 35.3 Å². The van der Waals surface area contributed by atoms with Gasteiger partial charge in [0, 0.05) is 62.0 Å². The molecule has 0 unspecified atom stereocenters. The van der Waals surface area contributed by atoms with Gasteiger partial charge in [-0.25, -0.2) is 9.18 Å². The van der Waals surface area contributed by atoms with E-state index < -0.39 is 11.8 Å². The van der Waals surface area contributed by atoms with Gasteiger partial charge in [0.2, 0.25) is 0 Å². The Kier molecular flexibility index (Phi) is 7.64. The van der Waals surface area contributed by atoms with E-state index in [1.165, 1.54) is 23.3 Å². The van der Waals surface area contributed by atoms with Crippen LogP contribution < -0.4 is 15.4 Å². The Bertz CT molecular complexity index is 1840. The third kappa shape index (κ3) is 6.32. The molecule has 226 valence electrons. The van der Waals surface area contributed by atoms with Gasteiger partial charge in [-0.2, -0.15) is 10.2 Å². The highest BCUT2D eigenvalue weighted by Gasteiger charge is 2.22. The van der Waals surface area contributed by atoms with Crippen LogP contribution in [-0.4, -0.2) is 49.1 Å². The van der Waals surface area contributed by atoms with Crippen LogP contribution in [0, 0.1) is 5.82 Å². The number of anilines is 2. The molecule has 6 rings (SSSR count). The van der Waals surface area contributed by atoms with Crippen molar-refractivity contribution in [2.75, 3.05) is 24.2 Å². The average Bonchev–Trinajstić information content (AvgIpc) is 3.61. The van der Waals surface area contributed by atoms with Gasteiger partial charge in [0.15, 0.2) is 0 Å². The van der Waals surface area contributed by atoms with Crippen molar-refractivity contribution in [2.24, 2.45) is 7.05 Å². The van der Waals surface area contributed by atoms with Crippen molar-refractivity contribution < 1.29 is 13.9 Å². The predicted octanol–water partition coefficient (Wildman–Crippen LogP) is 6.66. The van der Waals surface area contributed by atoms with Gasteiger partial charge in [-0.05, 0) is 69.6 Å². The lowest BCUT2D eigenvalue weighted by atomic mass is 9.96. The third-order valence-corrected chi connectivity index (χ3v) is 7.49. The fourth-order valence-electron chi connectivity index (χ4n) is 5.13. The van der Waals surface area contributed by atoms with Crippen LogP contribution in [0.1, 0.15) is 31.9 Å². The summed E-state index contributed by atoms with van der Waals surface area (Å²) in [5, 5.41) is 14.5. The highest BCUT2D eigenvalue weighted by Crippen LogP contribution is 2.33. The first-order valence-electron chi connectivity index (χ1n) is 14.4. The van der Waals surface area contributed by atoms with E-state index >= 15 is 4.39 Å². The number of ether oxygens (including phenoxy) is 1. The molecule has 0 spiro atoms. The number of nitrogens with zero attached hydrogens (tertiary/aromatic N) is 6. The summed E-state index contributed by atoms with van der Waals surface area (Å²) in [4.78, 5) is 19.8. The lowest BCUT2D eigenvalue weighted by Gasteiger charge is -2.25. The monoisotopic (exact) mass is 594 g/mol. The van der Waals surface area contributed by atoms with Crippen LogP contribution in [0.5, 0.6) is 11.5 Å². The normalized spacial score (nSPS) is 13.4. The summed E-state index contributed by atoms with van der Waals surface area (Å²) >= 11 is 0. The summed E-state index contributed by atoms with van der Waals surface area (Å²) in [6, 6.07) is 13.5. The summed E-state index contributed by atoms with van der Waals surface area (Å²) < 4.78 is 24.5. The fourth-order valence-corrected chi connectivity index (χ4v) is 5.13. The van der Waals surface area contributed by atoms with Gasteiger partial charge in [0.25, 0.3) is 0 Å². The molecule has 0 bridgehead atoms. The zero-order valence-corrected chi connectivity index (χ0v) is 25.4. The van der Waals surface area contributed by atoms with Crippen LogP contribution in [0.2, 0.25) is 0 Å². The number of hydrogen-bond donors (Lipinski definition) is 2. The minimum Gasteiger partial charge on any atom is -0.457 e. The van der Waals surface area contributed by atoms with E-state index in [9.17, 15) is 4.79 Å². The Labute approximate surface area is 255 Å². The molecule has 5 aromatic rings. The largest absolute Gasteiger partial charge is 0.457 e. The van der Waals surface area contributed by atoms with Gasteiger partial charge >= 0.3 is 6.03 Å². The molecule has 2 aromatic carbocycles. The molecular weight excluding hydrogens is 559 g/mol. The smallest absolute Gasteiger partial charge is 0.323 e. The van der Waals surface area contributed by atoms with Crippen molar-refractivity contribution in [1.82, 2.24) is 29.4 Å². The number of aryl methyl sites for hydroxylation is 1. The van der Waals surface area contributed by atoms with Crippen LogP contribution in [0.25, 0.3) is 22.5 Å². The number of urea groups is 1. The minimum atomic E-state index is -0.636. The molecule has 2 N–H and O–H groups in total. The number of carbonyl (C=O) groups is 1. The third-order valence-electron chi connectivity index (χ3n) is 7.49. The SMILES string of the molecule is CN1CCc2ccc(-c3nn(C(C)(C)C)cc3NC(=O)Nc3ccc(Oc4ccnc(-c5cnn(C)c5)c4)cc3F)cc2C1. The lowest BCUT2D eigenvalue weighted by Crippen LogP contribution is -2.26. The van der Waals surface area contributed by atoms with E-state index in [0.717, 1.165) is 30.6 Å². The first-order valence-corrected chi connectivity index (χ1v) is 14.4. The number of likely N-dealkylation sites (N-methyl/N-ethyl adjacent to an activating group) is 1. The molecule has 44 heavy (non-hydrogen) atoms. The zero-order chi connectivity index (χ0) is 31.0. The molecule has 1 aliphatic heterocycles. The molecular formula is C33H35FN8O2.